The van der Waals surface area contributed by atoms with Crippen molar-refractivity contribution in [1.29, 1.82) is 10.5 Å². The Morgan fingerprint density at radius 2 is 2.11 bits per heavy atom. The zero-order valence-corrected chi connectivity index (χ0v) is 10.3. The summed E-state index contributed by atoms with van der Waals surface area (Å²) >= 11 is 0. The minimum absolute atomic E-state index is 0.199. The zero-order chi connectivity index (χ0) is 13.7. The molecule has 94 valence electrons. The number of rotatable bonds is 4. The van der Waals surface area contributed by atoms with E-state index in [0.717, 1.165) is 5.39 Å². The van der Waals surface area contributed by atoms with Crippen molar-refractivity contribution < 1.29 is 0 Å². The highest BCUT2D eigenvalue weighted by molar-refractivity contribution is 5.80. The van der Waals surface area contributed by atoms with E-state index in [1.165, 1.54) is 4.68 Å². The highest BCUT2D eigenvalue weighted by Crippen LogP contribution is 2.09. The normalized spacial score (nSPS) is 11.7. The topological polar surface area (TPSA) is 82.5 Å². The third kappa shape index (κ3) is 2.78. The van der Waals surface area contributed by atoms with E-state index in [0.29, 0.717) is 18.2 Å². The van der Waals surface area contributed by atoms with Crippen molar-refractivity contribution in [1.82, 2.24) is 9.78 Å². The number of hydrogen-bond donors (Lipinski definition) is 0. The average Bonchev–Trinajstić information content (AvgIpc) is 2.46. The SMILES string of the molecule is N#CCC[C@@H](C#N)Cn1ncc2ccccc2c1=O. The van der Waals surface area contributed by atoms with Gasteiger partial charge in [0.25, 0.3) is 5.56 Å². The first kappa shape index (κ1) is 12.8. The van der Waals surface area contributed by atoms with E-state index in [4.69, 9.17) is 10.5 Å². The first-order valence-electron chi connectivity index (χ1n) is 5.97. The maximum absolute atomic E-state index is 12.2. The molecule has 19 heavy (non-hydrogen) atoms. The minimum Gasteiger partial charge on any atom is -0.267 e. The molecular formula is C14H12N4O. The minimum atomic E-state index is -0.369. The van der Waals surface area contributed by atoms with Crippen LogP contribution >= 0.6 is 0 Å². The van der Waals surface area contributed by atoms with E-state index in [9.17, 15) is 4.79 Å². The van der Waals surface area contributed by atoms with Gasteiger partial charge in [0, 0.05) is 11.8 Å². The molecule has 5 nitrogen and oxygen atoms in total. The van der Waals surface area contributed by atoms with Crippen molar-refractivity contribution in [2.24, 2.45) is 5.92 Å². The molecule has 1 atom stereocenters. The van der Waals surface area contributed by atoms with E-state index in [-0.39, 0.29) is 18.0 Å². The second-order valence-electron chi connectivity index (χ2n) is 4.24. The Hall–Kier alpha value is -2.66. The van der Waals surface area contributed by atoms with Crippen LogP contribution in [-0.4, -0.2) is 9.78 Å². The fourth-order valence-corrected chi connectivity index (χ4v) is 1.90. The number of hydrogen-bond acceptors (Lipinski definition) is 4. The molecule has 0 aliphatic carbocycles. The first-order chi connectivity index (χ1) is 9.26. The van der Waals surface area contributed by atoms with Crippen LogP contribution in [0, 0.1) is 28.6 Å². The third-order valence-electron chi connectivity index (χ3n) is 2.94. The molecule has 2 rings (SSSR count). The quantitative estimate of drug-likeness (QED) is 0.831. The maximum atomic E-state index is 12.2. The van der Waals surface area contributed by atoms with Crippen molar-refractivity contribution >= 4 is 10.8 Å². The smallest absolute Gasteiger partial charge is 0.267 e. The molecule has 1 heterocycles. The number of aromatic nitrogens is 2. The summed E-state index contributed by atoms with van der Waals surface area (Å²) in [5.74, 6) is -0.369. The van der Waals surface area contributed by atoms with E-state index in [2.05, 4.69) is 11.2 Å². The Morgan fingerprint density at radius 3 is 2.84 bits per heavy atom. The third-order valence-corrected chi connectivity index (χ3v) is 2.94. The van der Waals surface area contributed by atoms with Crippen molar-refractivity contribution in [3.63, 3.8) is 0 Å². The van der Waals surface area contributed by atoms with Crippen LogP contribution in [0.4, 0.5) is 0 Å². The Bertz CT molecular complexity index is 721. The summed E-state index contributed by atoms with van der Waals surface area (Å²) in [6, 6.07) is 11.3. The molecule has 0 bridgehead atoms. The van der Waals surface area contributed by atoms with Crippen molar-refractivity contribution in [2.45, 2.75) is 19.4 Å². The van der Waals surface area contributed by atoms with E-state index < -0.39 is 0 Å². The van der Waals surface area contributed by atoms with Gasteiger partial charge in [-0.15, -0.1) is 0 Å². The van der Waals surface area contributed by atoms with Gasteiger partial charge in [0.1, 0.15) is 0 Å². The molecule has 0 aliphatic rings. The van der Waals surface area contributed by atoms with Gasteiger partial charge in [-0.25, -0.2) is 4.68 Å². The molecule has 0 saturated carbocycles. The largest absolute Gasteiger partial charge is 0.274 e. The van der Waals surface area contributed by atoms with Gasteiger partial charge in [-0.1, -0.05) is 18.2 Å². The summed E-state index contributed by atoms with van der Waals surface area (Å²) in [6.45, 7) is 0.224. The van der Waals surface area contributed by atoms with Crippen LogP contribution in [0.1, 0.15) is 12.8 Å². The lowest BCUT2D eigenvalue weighted by atomic mass is 10.1. The lowest BCUT2D eigenvalue weighted by Gasteiger charge is -2.09. The lowest BCUT2D eigenvalue weighted by molar-refractivity contribution is 0.461. The molecule has 2 aromatic rings. The standard InChI is InChI=1S/C14H12N4O/c15-7-3-4-11(8-16)10-18-14(19)13-6-2-1-5-12(13)9-17-18/h1-2,5-6,9,11H,3-4,10H2/t11-/m0/s1. The fraction of sp³-hybridized carbons (Fsp3) is 0.286. The number of benzene rings is 1. The highest BCUT2D eigenvalue weighted by Gasteiger charge is 2.11. The summed E-state index contributed by atoms with van der Waals surface area (Å²) < 4.78 is 1.30. The van der Waals surface area contributed by atoms with Crippen LogP contribution in [0.15, 0.2) is 35.3 Å². The summed E-state index contributed by atoms with van der Waals surface area (Å²) in [6.07, 6.45) is 2.38. The number of nitriles is 2. The van der Waals surface area contributed by atoms with Gasteiger partial charge in [0.2, 0.25) is 0 Å². The molecule has 0 saturated heterocycles. The van der Waals surface area contributed by atoms with Gasteiger partial charge in [0.15, 0.2) is 0 Å². The molecule has 0 aliphatic heterocycles. The van der Waals surface area contributed by atoms with Gasteiger partial charge >= 0.3 is 0 Å². The fourth-order valence-electron chi connectivity index (χ4n) is 1.90. The van der Waals surface area contributed by atoms with Crippen LogP contribution < -0.4 is 5.56 Å². The van der Waals surface area contributed by atoms with Crippen molar-refractivity contribution in [3.05, 3.63) is 40.8 Å². The summed E-state index contributed by atoms with van der Waals surface area (Å²) in [4.78, 5) is 12.2. The molecule has 1 aromatic heterocycles. The molecule has 1 aromatic carbocycles. The predicted octanol–water partition coefficient (Wildman–Crippen LogP) is 1.84. The molecule has 0 spiro atoms. The Morgan fingerprint density at radius 1 is 1.32 bits per heavy atom. The summed E-state index contributed by atoms with van der Waals surface area (Å²) in [7, 11) is 0. The van der Waals surface area contributed by atoms with Crippen molar-refractivity contribution in [2.75, 3.05) is 0 Å². The Kier molecular flexibility index (Phi) is 3.90. The monoisotopic (exact) mass is 252 g/mol. The number of nitrogens with zero attached hydrogens (tertiary/aromatic N) is 4. The molecule has 0 fully saturated rings. The second kappa shape index (κ2) is 5.79. The molecule has 5 heteroatoms. The van der Waals surface area contributed by atoms with E-state index in [1.807, 2.05) is 18.2 Å². The van der Waals surface area contributed by atoms with Gasteiger partial charge in [-0.05, 0) is 12.5 Å². The molecule has 0 radical (unpaired) electrons. The van der Waals surface area contributed by atoms with Crippen LogP contribution in [-0.2, 0) is 6.54 Å². The van der Waals surface area contributed by atoms with Crippen LogP contribution in [0.2, 0.25) is 0 Å². The number of fused-ring (bicyclic) bond motifs is 1. The molecule has 0 amide bonds. The highest BCUT2D eigenvalue weighted by atomic mass is 16.1. The van der Waals surface area contributed by atoms with Crippen LogP contribution in [0.5, 0.6) is 0 Å². The Balaban J connectivity index is 2.31. The first-order valence-corrected chi connectivity index (χ1v) is 5.97. The molecular weight excluding hydrogens is 240 g/mol. The van der Waals surface area contributed by atoms with Crippen molar-refractivity contribution in [3.8, 4) is 12.1 Å². The maximum Gasteiger partial charge on any atom is 0.274 e. The van der Waals surface area contributed by atoms with E-state index in [1.54, 1.807) is 18.3 Å². The lowest BCUT2D eigenvalue weighted by Crippen LogP contribution is -2.26. The molecule has 0 N–H and O–H groups in total. The second-order valence-corrected chi connectivity index (χ2v) is 4.24. The van der Waals surface area contributed by atoms with E-state index >= 15 is 0 Å². The van der Waals surface area contributed by atoms with Crippen LogP contribution in [0.3, 0.4) is 0 Å². The summed E-state index contributed by atoms with van der Waals surface area (Å²) in [5.41, 5.74) is -0.199. The van der Waals surface area contributed by atoms with Crippen LogP contribution in [0.25, 0.3) is 10.8 Å². The average molecular weight is 252 g/mol. The van der Waals surface area contributed by atoms with Gasteiger partial charge in [0.05, 0.1) is 36.2 Å². The van der Waals surface area contributed by atoms with Gasteiger partial charge in [-0.3, -0.25) is 4.79 Å². The Labute approximate surface area is 110 Å². The van der Waals surface area contributed by atoms with Gasteiger partial charge in [-0.2, -0.15) is 15.6 Å². The summed E-state index contributed by atoms with van der Waals surface area (Å²) in [5, 5.41) is 23.0. The molecule has 0 unspecified atom stereocenters. The zero-order valence-electron chi connectivity index (χ0n) is 10.3. The van der Waals surface area contributed by atoms with Gasteiger partial charge < -0.3 is 0 Å². The predicted molar refractivity (Wildman–Crippen MR) is 70.0 cm³/mol.